The molecule has 1 aliphatic rings. The lowest BCUT2D eigenvalue weighted by molar-refractivity contribution is 0.0951. The van der Waals surface area contributed by atoms with Crippen LogP contribution in [-0.2, 0) is 6.42 Å². The van der Waals surface area contributed by atoms with Gasteiger partial charge in [0.15, 0.2) is 11.6 Å². The first-order valence-corrected chi connectivity index (χ1v) is 9.88. The fourth-order valence-corrected chi connectivity index (χ4v) is 4.08. The van der Waals surface area contributed by atoms with Crippen LogP contribution in [0, 0.1) is 5.92 Å². The Labute approximate surface area is 167 Å². The van der Waals surface area contributed by atoms with Crippen LogP contribution in [0.2, 0.25) is 0 Å². The Morgan fingerprint density at radius 3 is 2.52 bits per heavy atom. The van der Waals surface area contributed by atoms with Crippen LogP contribution in [0.3, 0.4) is 0 Å². The highest BCUT2D eigenvalue weighted by Crippen LogP contribution is 2.36. The summed E-state index contributed by atoms with van der Waals surface area (Å²) in [6, 6.07) is 17.7. The molecule has 1 heterocycles. The maximum atomic E-state index is 12.7. The van der Waals surface area contributed by atoms with Gasteiger partial charge in [-0.25, -0.2) is 0 Å². The Kier molecular flexibility index (Phi) is 4.60. The van der Waals surface area contributed by atoms with Crippen LogP contribution in [0.15, 0.2) is 59.1 Å². The van der Waals surface area contributed by atoms with Crippen molar-refractivity contribution in [2.45, 2.75) is 26.7 Å². The number of hydrogen-bond acceptors (Lipinski definition) is 2. The van der Waals surface area contributed by atoms with Crippen LogP contribution in [-0.4, -0.2) is 16.1 Å². The van der Waals surface area contributed by atoms with Crippen molar-refractivity contribution in [2.24, 2.45) is 5.92 Å². The van der Waals surface area contributed by atoms with Crippen molar-refractivity contribution in [2.75, 3.05) is 0 Å². The molecule has 0 N–H and O–H groups in total. The maximum Gasteiger partial charge on any atom is 0.164 e. The second-order valence-corrected chi connectivity index (χ2v) is 8.19. The molecular weight excluding hydrogens is 402 g/mol. The molecule has 0 saturated carbocycles. The van der Waals surface area contributed by atoms with Gasteiger partial charge in [-0.3, -0.25) is 9.59 Å². The molecule has 1 atom stereocenters. The largest absolute Gasteiger partial charge is 0.313 e. The van der Waals surface area contributed by atoms with Crippen LogP contribution in [0.1, 0.15) is 46.7 Å². The summed E-state index contributed by atoms with van der Waals surface area (Å²) in [4.78, 5) is 24.6. The van der Waals surface area contributed by atoms with Crippen molar-refractivity contribution < 1.29 is 9.59 Å². The van der Waals surface area contributed by atoms with E-state index in [-0.39, 0.29) is 11.6 Å². The van der Waals surface area contributed by atoms with Gasteiger partial charge in [0.2, 0.25) is 0 Å². The Bertz CT molecular complexity index is 1050. The highest BCUT2D eigenvalue weighted by molar-refractivity contribution is 9.10. The molecule has 1 unspecified atom stereocenters. The van der Waals surface area contributed by atoms with Crippen LogP contribution in [0.5, 0.6) is 0 Å². The van der Waals surface area contributed by atoms with E-state index >= 15 is 0 Å². The first kappa shape index (κ1) is 17.9. The van der Waals surface area contributed by atoms with Gasteiger partial charge in [-0.1, -0.05) is 47.1 Å². The molecule has 27 heavy (non-hydrogen) atoms. The Morgan fingerprint density at radius 2 is 1.81 bits per heavy atom. The second-order valence-electron chi connectivity index (χ2n) is 7.28. The summed E-state index contributed by atoms with van der Waals surface area (Å²) in [6.07, 6.45) is 1.44. The predicted octanol–water partition coefficient (Wildman–Crippen LogP) is 5.87. The zero-order chi connectivity index (χ0) is 19.1. The van der Waals surface area contributed by atoms with Crippen molar-refractivity contribution in [1.29, 1.82) is 0 Å². The highest BCUT2D eigenvalue weighted by atomic mass is 79.9. The first-order valence-electron chi connectivity index (χ1n) is 9.09. The van der Waals surface area contributed by atoms with Crippen LogP contribution < -0.4 is 0 Å². The van der Waals surface area contributed by atoms with Gasteiger partial charge in [-0.05, 0) is 55.2 Å². The van der Waals surface area contributed by atoms with Crippen LogP contribution >= 0.6 is 15.9 Å². The van der Waals surface area contributed by atoms with E-state index in [0.717, 1.165) is 39.1 Å². The minimum absolute atomic E-state index is 0.0347. The average Bonchev–Trinajstić information content (AvgIpc) is 3.02. The standard InChI is InChI=1S/C23H20BrNO2/c1-14-10-22-20(23(27)11-14)13-21(16-6-8-18(24)9-7-16)25(22)19-5-3-4-17(12-19)15(2)26/h3-9,12-14H,10-11H2,1-2H3. The number of nitrogens with zero attached hydrogens (tertiary/aromatic N) is 1. The normalized spacial score (nSPS) is 16.3. The molecule has 1 aromatic heterocycles. The van der Waals surface area contributed by atoms with Gasteiger partial charge in [0.25, 0.3) is 0 Å². The number of ketones is 2. The zero-order valence-corrected chi connectivity index (χ0v) is 16.9. The molecule has 3 nitrogen and oxygen atoms in total. The van der Waals surface area contributed by atoms with Crippen molar-refractivity contribution in [3.05, 3.63) is 75.9 Å². The lowest BCUT2D eigenvalue weighted by atomic mass is 9.88. The number of fused-ring (bicyclic) bond motifs is 1. The van der Waals surface area contributed by atoms with Gasteiger partial charge in [-0.15, -0.1) is 0 Å². The highest BCUT2D eigenvalue weighted by Gasteiger charge is 2.28. The summed E-state index contributed by atoms with van der Waals surface area (Å²) >= 11 is 3.48. The minimum atomic E-state index is 0.0347. The van der Waals surface area contributed by atoms with Gasteiger partial charge in [-0.2, -0.15) is 0 Å². The number of hydrogen-bond donors (Lipinski definition) is 0. The molecule has 0 amide bonds. The third-order valence-electron chi connectivity index (χ3n) is 5.13. The van der Waals surface area contributed by atoms with Gasteiger partial charge < -0.3 is 4.57 Å². The predicted molar refractivity (Wildman–Crippen MR) is 111 cm³/mol. The molecular formula is C23H20BrNO2. The molecule has 0 fully saturated rings. The van der Waals surface area contributed by atoms with Gasteiger partial charge in [0.1, 0.15) is 0 Å². The van der Waals surface area contributed by atoms with E-state index in [0.29, 0.717) is 17.9 Å². The number of rotatable bonds is 3. The monoisotopic (exact) mass is 421 g/mol. The van der Waals surface area contributed by atoms with Crippen molar-refractivity contribution in [3.63, 3.8) is 0 Å². The third kappa shape index (κ3) is 3.30. The number of Topliss-reactive ketones (excluding diaryl/α,β-unsaturated/α-hetero) is 2. The van der Waals surface area contributed by atoms with Gasteiger partial charge in [0.05, 0.1) is 5.69 Å². The Morgan fingerprint density at radius 1 is 1.07 bits per heavy atom. The van der Waals surface area contributed by atoms with Crippen LogP contribution in [0.25, 0.3) is 16.9 Å². The lowest BCUT2D eigenvalue weighted by Crippen LogP contribution is -2.19. The van der Waals surface area contributed by atoms with Crippen molar-refractivity contribution >= 4 is 27.5 Å². The molecule has 2 aromatic carbocycles. The summed E-state index contributed by atoms with van der Waals surface area (Å²) < 4.78 is 3.16. The summed E-state index contributed by atoms with van der Waals surface area (Å²) in [6.45, 7) is 3.69. The number of carbonyl (C=O) groups is 2. The van der Waals surface area contributed by atoms with Crippen molar-refractivity contribution in [3.8, 4) is 16.9 Å². The number of aromatic nitrogens is 1. The summed E-state index contributed by atoms with van der Waals surface area (Å²) in [7, 11) is 0. The van der Waals surface area contributed by atoms with Gasteiger partial charge in [0, 0.05) is 33.4 Å². The minimum Gasteiger partial charge on any atom is -0.313 e. The molecule has 1 aliphatic carbocycles. The first-order chi connectivity index (χ1) is 12.9. The molecule has 4 rings (SSSR count). The average molecular weight is 422 g/mol. The lowest BCUT2D eigenvalue weighted by Gasteiger charge is -2.21. The smallest absolute Gasteiger partial charge is 0.164 e. The summed E-state index contributed by atoms with van der Waals surface area (Å²) in [5, 5.41) is 0. The summed E-state index contributed by atoms with van der Waals surface area (Å²) in [5.41, 5.74) is 5.46. The van der Waals surface area contributed by atoms with E-state index in [4.69, 9.17) is 0 Å². The summed E-state index contributed by atoms with van der Waals surface area (Å²) in [5.74, 6) is 0.545. The molecule has 136 valence electrons. The van der Waals surface area contributed by atoms with E-state index in [1.165, 1.54) is 0 Å². The number of halogens is 1. The molecule has 0 spiro atoms. The molecule has 3 aromatic rings. The molecule has 0 saturated heterocycles. The molecule has 0 radical (unpaired) electrons. The van der Waals surface area contributed by atoms with Crippen LogP contribution in [0.4, 0.5) is 0 Å². The number of carbonyl (C=O) groups excluding carboxylic acids is 2. The zero-order valence-electron chi connectivity index (χ0n) is 15.3. The Balaban J connectivity index is 1.98. The topological polar surface area (TPSA) is 39.1 Å². The van der Waals surface area contributed by atoms with E-state index in [1.807, 2.05) is 54.6 Å². The fraction of sp³-hybridized carbons (Fsp3) is 0.217. The molecule has 0 bridgehead atoms. The fourth-order valence-electron chi connectivity index (χ4n) is 3.81. The Hall–Kier alpha value is -2.46. The molecule has 4 heteroatoms. The quantitative estimate of drug-likeness (QED) is 0.495. The maximum absolute atomic E-state index is 12.7. The SMILES string of the molecule is CC(=O)c1cccc(-n2c(-c3ccc(Br)cc3)cc3c2CC(C)CC3=O)c1. The van der Waals surface area contributed by atoms with Gasteiger partial charge >= 0.3 is 0 Å². The molecule has 0 aliphatic heterocycles. The van der Waals surface area contributed by atoms with E-state index in [9.17, 15) is 9.59 Å². The van der Waals surface area contributed by atoms with E-state index < -0.39 is 0 Å². The van der Waals surface area contributed by atoms with E-state index in [1.54, 1.807) is 6.92 Å². The second kappa shape index (κ2) is 6.93. The third-order valence-corrected chi connectivity index (χ3v) is 5.66. The number of benzene rings is 2. The van der Waals surface area contributed by atoms with E-state index in [2.05, 4.69) is 27.4 Å². The van der Waals surface area contributed by atoms with Crippen molar-refractivity contribution in [1.82, 2.24) is 4.57 Å².